The van der Waals surface area contributed by atoms with Crippen molar-refractivity contribution >= 4 is 11.8 Å². The van der Waals surface area contributed by atoms with E-state index in [0.29, 0.717) is 0 Å². The van der Waals surface area contributed by atoms with E-state index in [-0.39, 0.29) is 0 Å². The molecule has 2 atom stereocenters. The van der Waals surface area contributed by atoms with Crippen LogP contribution in [0.3, 0.4) is 0 Å². The average Bonchev–Trinajstić information content (AvgIpc) is 3.15. The van der Waals surface area contributed by atoms with E-state index < -0.39 is 0 Å². The Kier molecular flexibility index (Phi) is 5.61. The van der Waals surface area contributed by atoms with Gasteiger partial charge in [-0.3, -0.25) is 0 Å². The maximum Gasteiger partial charge on any atom is 0.0195 e. The summed E-state index contributed by atoms with van der Waals surface area (Å²) in [5, 5.41) is 3.66. The second kappa shape index (κ2) is 7.66. The topological polar surface area (TPSA) is 15.3 Å². The molecular formula is C18H28N2S. The quantitative estimate of drug-likeness (QED) is 0.826. The second-order valence-corrected chi connectivity index (χ2v) is 7.51. The van der Waals surface area contributed by atoms with E-state index in [0.717, 1.165) is 12.0 Å². The number of thioether (sulfide) groups is 1. The van der Waals surface area contributed by atoms with E-state index >= 15 is 0 Å². The Morgan fingerprint density at radius 3 is 3.00 bits per heavy atom. The molecule has 1 aromatic rings. The second-order valence-electron chi connectivity index (χ2n) is 6.45. The van der Waals surface area contributed by atoms with Crippen LogP contribution in [0.4, 0.5) is 0 Å². The molecule has 2 heterocycles. The Morgan fingerprint density at radius 1 is 1.29 bits per heavy atom. The molecule has 116 valence electrons. The lowest BCUT2D eigenvalue weighted by Crippen LogP contribution is -2.40. The van der Waals surface area contributed by atoms with Gasteiger partial charge in [0.2, 0.25) is 0 Å². The van der Waals surface area contributed by atoms with E-state index in [4.69, 9.17) is 0 Å². The minimum absolute atomic E-state index is 0.726. The molecule has 3 rings (SSSR count). The van der Waals surface area contributed by atoms with Crippen molar-refractivity contribution in [3.8, 4) is 0 Å². The molecule has 2 aliphatic heterocycles. The van der Waals surface area contributed by atoms with E-state index in [2.05, 4.69) is 41.4 Å². The predicted octanol–water partition coefficient (Wildman–Crippen LogP) is 3.73. The molecule has 1 fully saturated rings. The first-order valence-corrected chi connectivity index (χ1v) is 9.53. The number of nitrogens with one attached hydrogen (secondary N) is 1. The van der Waals surface area contributed by atoms with E-state index in [1.807, 2.05) is 11.8 Å². The summed E-state index contributed by atoms with van der Waals surface area (Å²) >= 11 is 2.04. The van der Waals surface area contributed by atoms with Crippen LogP contribution < -0.4 is 5.32 Å². The Hall–Kier alpha value is -0.510. The fourth-order valence-electron chi connectivity index (χ4n) is 3.56. The number of rotatable bonds is 7. The largest absolute Gasteiger partial charge is 0.313 e. The molecule has 2 unspecified atom stereocenters. The van der Waals surface area contributed by atoms with Crippen LogP contribution in [0.15, 0.2) is 29.2 Å². The van der Waals surface area contributed by atoms with Crippen molar-refractivity contribution in [1.29, 1.82) is 0 Å². The highest BCUT2D eigenvalue weighted by atomic mass is 32.2. The van der Waals surface area contributed by atoms with Crippen LogP contribution in [-0.4, -0.2) is 42.9 Å². The summed E-state index contributed by atoms with van der Waals surface area (Å²) in [5.41, 5.74) is 1.59. The van der Waals surface area contributed by atoms with Gasteiger partial charge in [0.15, 0.2) is 0 Å². The maximum absolute atomic E-state index is 3.66. The smallest absolute Gasteiger partial charge is 0.0195 e. The highest BCUT2D eigenvalue weighted by Crippen LogP contribution is 2.39. The van der Waals surface area contributed by atoms with Crippen molar-refractivity contribution in [3.63, 3.8) is 0 Å². The summed E-state index contributed by atoms with van der Waals surface area (Å²) in [6, 6.07) is 9.73. The number of nitrogens with zero attached hydrogens (tertiary/aromatic N) is 1. The van der Waals surface area contributed by atoms with Gasteiger partial charge in [0.25, 0.3) is 0 Å². The van der Waals surface area contributed by atoms with Crippen molar-refractivity contribution in [2.45, 2.75) is 49.5 Å². The molecule has 0 radical (unpaired) electrons. The first kappa shape index (κ1) is 15.4. The number of benzene rings is 1. The normalized spacial score (nSPS) is 24.7. The summed E-state index contributed by atoms with van der Waals surface area (Å²) in [4.78, 5) is 4.23. The third-order valence-electron chi connectivity index (χ3n) is 4.75. The zero-order chi connectivity index (χ0) is 14.5. The van der Waals surface area contributed by atoms with Crippen molar-refractivity contribution < 1.29 is 0 Å². The molecule has 21 heavy (non-hydrogen) atoms. The summed E-state index contributed by atoms with van der Waals surface area (Å²) in [5.74, 6) is 1.99. The molecule has 0 saturated carbocycles. The molecule has 2 aliphatic rings. The minimum Gasteiger partial charge on any atom is -0.313 e. The van der Waals surface area contributed by atoms with E-state index in [1.165, 1.54) is 62.5 Å². The first-order chi connectivity index (χ1) is 10.4. The Balaban J connectivity index is 1.61. The highest BCUT2D eigenvalue weighted by molar-refractivity contribution is 7.99. The van der Waals surface area contributed by atoms with Gasteiger partial charge in [0, 0.05) is 35.7 Å². The van der Waals surface area contributed by atoms with E-state index in [1.54, 1.807) is 5.56 Å². The monoisotopic (exact) mass is 304 g/mol. The van der Waals surface area contributed by atoms with Gasteiger partial charge in [-0.25, -0.2) is 0 Å². The van der Waals surface area contributed by atoms with Crippen LogP contribution in [0.5, 0.6) is 0 Å². The van der Waals surface area contributed by atoms with Gasteiger partial charge in [-0.15, -0.1) is 11.8 Å². The van der Waals surface area contributed by atoms with Crippen LogP contribution >= 0.6 is 11.8 Å². The fraction of sp³-hybridized carbons (Fsp3) is 0.667. The molecule has 0 aliphatic carbocycles. The molecule has 0 bridgehead atoms. The van der Waals surface area contributed by atoms with Gasteiger partial charge in [0.1, 0.15) is 0 Å². The van der Waals surface area contributed by atoms with Gasteiger partial charge in [-0.1, -0.05) is 31.5 Å². The lowest BCUT2D eigenvalue weighted by molar-refractivity contribution is 0.236. The summed E-state index contributed by atoms with van der Waals surface area (Å²) in [6.07, 6.45) is 5.34. The lowest BCUT2D eigenvalue weighted by atomic mass is 10.0. The molecule has 3 heteroatoms. The van der Waals surface area contributed by atoms with Crippen molar-refractivity contribution in [1.82, 2.24) is 10.2 Å². The number of hydrogen-bond donors (Lipinski definition) is 1. The SMILES string of the molecule is CCCCN(CC1CCCN1)CC1CSc2ccccc21. The molecule has 0 aromatic heterocycles. The van der Waals surface area contributed by atoms with Crippen LogP contribution in [0.1, 0.15) is 44.1 Å². The average molecular weight is 305 g/mol. The third-order valence-corrected chi connectivity index (χ3v) is 6.00. The van der Waals surface area contributed by atoms with Crippen molar-refractivity contribution in [2.24, 2.45) is 0 Å². The maximum atomic E-state index is 3.66. The van der Waals surface area contributed by atoms with Crippen molar-refractivity contribution in [2.75, 3.05) is 31.9 Å². The zero-order valence-electron chi connectivity index (χ0n) is 13.2. The van der Waals surface area contributed by atoms with Crippen LogP contribution in [0, 0.1) is 0 Å². The van der Waals surface area contributed by atoms with Gasteiger partial charge in [-0.05, 0) is 44.0 Å². The Morgan fingerprint density at radius 2 is 2.19 bits per heavy atom. The third kappa shape index (κ3) is 4.02. The van der Waals surface area contributed by atoms with Gasteiger partial charge >= 0.3 is 0 Å². The summed E-state index contributed by atoms with van der Waals surface area (Å²) in [7, 11) is 0. The van der Waals surface area contributed by atoms with E-state index in [9.17, 15) is 0 Å². The van der Waals surface area contributed by atoms with Crippen LogP contribution in [-0.2, 0) is 0 Å². The highest BCUT2D eigenvalue weighted by Gasteiger charge is 2.26. The lowest BCUT2D eigenvalue weighted by Gasteiger charge is -2.28. The molecular weight excluding hydrogens is 276 g/mol. The zero-order valence-corrected chi connectivity index (χ0v) is 14.0. The summed E-state index contributed by atoms with van der Waals surface area (Å²) < 4.78 is 0. The molecule has 1 saturated heterocycles. The molecule has 0 spiro atoms. The number of fused-ring (bicyclic) bond motifs is 1. The standard InChI is InChI=1S/C18H28N2S/c1-2-3-11-20(13-16-7-6-10-19-16)12-15-14-21-18-9-5-4-8-17(15)18/h4-5,8-9,15-16,19H,2-3,6-7,10-14H2,1H3. The molecule has 0 amide bonds. The molecule has 2 nitrogen and oxygen atoms in total. The number of unbranched alkanes of at least 4 members (excludes halogenated alkanes) is 1. The fourth-order valence-corrected chi connectivity index (χ4v) is 4.80. The van der Waals surface area contributed by atoms with Gasteiger partial charge in [0.05, 0.1) is 0 Å². The van der Waals surface area contributed by atoms with Crippen LogP contribution in [0.2, 0.25) is 0 Å². The van der Waals surface area contributed by atoms with Crippen LogP contribution in [0.25, 0.3) is 0 Å². The minimum atomic E-state index is 0.726. The predicted molar refractivity (Wildman–Crippen MR) is 92.3 cm³/mol. The summed E-state index contributed by atoms with van der Waals surface area (Å²) in [6.45, 7) is 7.25. The van der Waals surface area contributed by atoms with Gasteiger partial charge < -0.3 is 10.2 Å². The molecule has 1 N–H and O–H groups in total. The Bertz CT molecular complexity index is 443. The first-order valence-electron chi connectivity index (χ1n) is 8.54. The number of hydrogen-bond acceptors (Lipinski definition) is 3. The van der Waals surface area contributed by atoms with Gasteiger partial charge in [-0.2, -0.15) is 0 Å². The van der Waals surface area contributed by atoms with Crippen molar-refractivity contribution in [3.05, 3.63) is 29.8 Å². The molecule has 1 aromatic carbocycles. The Labute approximate surface area is 133 Å².